The number of hydrogen-bond acceptors (Lipinski definition) is 3. The second-order valence-electron chi connectivity index (χ2n) is 4.43. The lowest BCUT2D eigenvalue weighted by Crippen LogP contribution is -2.14. The molecular formula is C13H17N3O2S. The number of aromatic nitrogens is 2. The Hall–Kier alpha value is -1.82. The normalized spacial score (nSPS) is 11.5. The molecule has 0 aliphatic rings. The molecular weight excluding hydrogens is 262 g/mol. The second kappa shape index (κ2) is 5.05. The van der Waals surface area contributed by atoms with Crippen molar-refractivity contribution in [2.24, 2.45) is 0 Å². The van der Waals surface area contributed by atoms with Crippen LogP contribution in [0.25, 0.3) is 0 Å². The van der Waals surface area contributed by atoms with E-state index in [-0.39, 0.29) is 4.90 Å². The summed E-state index contributed by atoms with van der Waals surface area (Å²) in [7, 11) is -3.58. The molecule has 1 heterocycles. The SMILES string of the molecule is CCc1ccc(S(=O)(=O)Nc2n[nH]c(C)c2C)cc1. The topological polar surface area (TPSA) is 74.8 Å². The number of nitrogens with one attached hydrogen (secondary N) is 2. The van der Waals surface area contributed by atoms with Gasteiger partial charge >= 0.3 is 0 Å². The molecule has 0 radical (unpaired) electrons. The van der Waals surface area contributed by atoms with E-state index in [4.69, 9.17) is 0 Å². The summed E-state index contributed by atoms with van der Waals surface area (Å²) in [6.45, 7) is 5.69. The van der Waals surface area contributed by atoms with E-state index in [1.807, 2.05) is 32.9 Å². The van der Waals surface area contributed by atoms with Crippen molar-refractivity contribution in [2.75, 3.05) is 4.72 Å². The van der Waals surface area contributed by atoms with E-state index in [0.717, 1.165) is 23.2 Å². The van der Waals surface area contributed by atoms with Crippen molar-refractivity contribution >= 4 is 15.8 Å². The van der Waals surface area contributed by atoms with Gasteiger partial charge in [0.25, 0.3) is 10.0 Å². The predicted molar refractivity (Wildman–Crippen MR) is 74.7 cm³/mol. The first-order valence-electron chi connectivity index (χ1n) is 6.07. The van der Waals surface area contributed by atoms with Gasteiger partial charge in [0.1, 0.15) is 0 Å². The van der Waals surface area contributed by atoms with Crippen LogP contribution in [-0.4, -0.2) is 18.6 Å². The molecule has 19 heavy (non-hydrogen) atoms. The number of sulfonamides is 1. The summed E-state index contributed by atoms with van der Waals surface area (Å²) in [5, 5.41) is 6.70. The maximum absolute atomic E-state index is 12.2. The molecule has 0 unspecified atom stereocenters. The van der Waals surface area contributed by atoms with Crippen molar-refractivity contribution in [1.29, 1.82) is 0 Å². The number of H-pyrrole nitrogens is 1. The third-order valence-electron chi connectivity index (χ3n) is 3.13. The second-order valence-corrected chi connectivity index (χ2v) is 6.11. The highest BCUT2D eigenvalue weighted by Crippen LogP contribution is 2.19. The monoisotopic (exact) mass is 279 g/mol. The fourth-order valence-corrected chi connectivity index (χ4v) is 2.74. The molecule has 2 aromatic rings. The number of rotatable bonds is 4. The molecule has 102 valence electrons. The van der Waals surface area contributed by atoms with Gasteiger partial charge < -0.3 is 0 Å². The number of aromatic amines is 1. The van der Waals surface area contributed by atoms with E-state index >= 15 is 0 Å². The Balaban J connectivity index is 2.29. The lowest BCUT2D eigenvalue weighted by atomic mass is 10.2. The molecule has 6 heteroatoms. The maximum Gasteiger partial charge on any atom is 0.263 e. The first-order valence-corrected chi connectivity index (χ1v) is 7.55. The number of anilines is 1. The van der Waals surface area contributed by atoms with Gasteiger partial charge in [0.15, 0.2) is 5.82 Å². The first-order chi connectivity index (χ1) is 8.94. The largest absolute Gasteiger partial charge is 0.280 e. The van der Waals surface area contributed by atoms with Crippen molar-refractivity contribution in [1.82, 2.24) is 10.2 Å². The molecule has 2 N–H and O–H groups in total. The Morgan fingerprint density at radius 2 is 1.84 bits per heavy atom. The summed E-state index contributed by atoms with van der Waals surface area (Å²) in [5.41, 5.74) is 2.75. The van der Waals surface area contributed by atoms with Gasteiger partial charge in [0, 0.05) is 11.3 Å². The summed E-state index contributed by atoms with van der Waals surface area (Å²) in [4.78, 5) is 0.241. The van der Waals surface area contributed by atoms with Crippen LogP contribution in [-0.2, 0) is 16.4 Å². The average Bonchev–Trinajstić information content (AvgIpc) is 2.70. The summed E-state index contributed by atoms with van der Waals surface area (Å²) < 4.78 is 26.9. The van der Waals surface area contributed by atoms with Crippen LogP contribution in [0.1, 0.15) is 23.7 Å². The quantitative estimate of drug-likeness (QED) is 0.902. The third kappa shape index (κ3) is 2.78. The van der Waals surface area contributed by atoms with Gasteiger partial charge in [-0.1, -0.05) is 19.1 Å². The van der Waals surface area contributed by atoms with Crippen molar-refractivity contribution in [3.8, 4) is 0 Å². The summed E-state index contributed by atoms with van der Waals surface area (Å²) in [5.74, 6) is 0.345. The molecule has 0 aliphatic heterocycles. The molecule has 0 saturated carbocycles. The molecule has 0 bridgehead atoms. The highest BCUT2D eigenvalue weighted by Gasteiger charge is 2.17. The van der Waals surface area contributed by atoms with Gasteiger partial charge in [-0.05, 0) is 38.0 Å². The summed E-state index contributed by atoms with van der Waals surface area (Å²) in [6, 6.07) is 6.85. The van der Waals surface area contributed by atoms with Gasteiger partial charge in [-0.25, -0.2) is 8.42 Å². The Kier molecular flexibility index (Phi) is 3.61. The van der Waals surface area contributed by atoms with E-state index in [2.05, 4.69) is 14.9 Å². The smallest absolute Gasteiger partial charge is 0.263 e. The van der Waals surface area contributed by atoms with Crippen LogP contribution in [0.3, 0.4) is 0 Å². The Labute approximate surface area is 113 Å². The zero-order valence-corrected chi connectivity index (χ0v) is 12.0. The van der Waals surface area contributed by atoms with Crippen LogP contribution in [0.15, 0.2) is 29.2 Å². The molecule has 1 aromatic carbocycles. The van der Waals surface area contributed by atoms with Crippen LogP contribution in [0.4, 0.5) is 5.82 Å². The summed E-state index contributed by atoms with van der Waals surface area (Å²) >= 11 is 0. The van der Waals surface area contributed by atoms with E-state index in [1.54, 1.807) is 12.1 Å². The van der Waals surface area contributed by atoms with Crippen molar-refractivity contribution < 1.29 is 8.42 Å². The highest BCUT2D eigenvalue weighted by atomic mass is 32.2. The fourth-order valence-electron chi connectivity index (χ4n) is 1.67. The molecule has 5 nitrogen and oxygen atoms in total. The molecule has 0 spiro atoms. The summed E-state index contributed by atoms with van der Waals surface area (Å²) in [6.07, 6.45) is 0.880. The third-order valence-corrected chi connectivity index (χ3v) is 4.48. The average molecular weight is 279 g/mol. The lowest BCUT2D eigenvalue weighted by Gasteiger charge is -2.07. The van der Waals surface area contributed by atoms with Gasteiger partial charge in [-0.15, -0.1) is 0 Å². The van der Waals surface area contributed by atoms with Crippen LogP contribution < -0.4 is 4.72 Å². The minimum absolute atomic E-state index is 0.241. The maximum atomic E-state index is 12.2. The van der Waals surface area contributed by atoms with Gasteiger partial charge in [-0.3, -0.25) is 9.82 Å². The van der Waals surface area contributed by atoms with E-state index in [9.17, 15) is 8.42 Å². The van der Waals surface area contributed by atoms with Gasteiger partial charge in [0.2, 0.25) is 0 Å². The number of nitrogens with zero attached hydrogens (tertiary/aromatic N) is 1. The first kappa shape index (κ1) is 13.6. The molecule has 2 rings (SSSR count). The number of aryl methyl sites for hydroxylation is 2. The number of benzene rings is 1. The Morgan fingerprint density at radius 1 is 1.21 bits per heavy atom. The molecule has 0 amide bonds. The van der Waals surface area contributed by atoms with E-state index in [0.29, 0.717) is 5.82 Å². The minimum Gasteiger partial charge on any atom is -0.280 e. The zero-order chi connectivity index (χ0) is 14.0. The fraction of sp³-hybridized carbons (Fsp3) is 0.308. The van der Waals surface area contributed by atoms with Crippen LogP contribution in [0.5, 0.6) is 0 Å². The lowest BCUT2D eigenvalue weighted by molar-refractivity contribution is 0.601. The van der Waals surface area contributed by atoms with Gasteiger partial charge in [-0.2, -0.15) is 5.10 Å². The highest BCUT2D eigenvalue weighted by molar-refractivity contribution is 7.92. The van der Waals surface area contributed by atoms with Crippen molar-refractivity contribution in [3.63, 3.8) is 0 Å². The van der Waals surface area contributed by atoms with E-state index < -0.39 is 10.0 Å². The minimum atomic E-state index is -3.58. The molecule has 0 saturated heterocycles. The van der Waals surface area contributed by atoms with Crippen molar-refractivity contribution in [3.05, 3.63) is 41.1 Å². The molecule has 0 atom stereocenters. The van der Waals surface area contributed by atoms with Crippen molar-refractivity contribution in [2.45, 2.75) is 32.1 Å². The van der Waals surface area contributed by atoms with Crippen LogP contribution >= 0.6 is 0 Å². The van der Waals surface area contributed by atoms with E-state index in [1.165, 1.54) is 0 Å². The molecule has 1 aromatic heterocycles. The van der Waals surface area contributed by atoms with Gasteiger partial charge in [0.05, 0.1) is 4.90 Å². The standard InChI is InChI=1S/C13H17N3O2S/c1-4-11-5-7-12(8-6-11)19(17,18)16-13-9(2)10(3)14-15-13/h5-8H,4H2,1-3H3,(H2,14,15,16). The Bertz CT molecular complexity index is 672. The molecule has 0 aliphatic carbocycles. The zero-order valence-electron chi connectivity index (χ0n) is 11.2. The predicted octanol–water partition coefficient (Wildman–Crippen LogP) is 2.39. The van der Waals surface area contributed by atoms with Crippen LogP contribution in [0, 0.1) is 13.8 Å². The molecule has 0 fully saturated rings. The van der Waals surface area contributed by atoms with Crippen LogP contribution in [0.2, 0.25) is 0 Å². The number of hydrogen-bond donors (Lipinski definition) is 2. The Morgan fingerprint density at radius 3 is 2.32 bits per heavy atom.